The lowest BCUT2D eigenvalue weighted by molar-refractivity contribution is 0.299. The van der Waals surface area contributed by atoms with Crippen LogP contribution in [-0.2, 0) is 0 Å². The monoisotopic (exact) mass is 259 g/mol. The predicted molar refractivity (Wildman–Crippen MR) is 66.7 cm³/mol. The third-order valence-corrected chi connectivity index (χ3v) is 3.38. The van der Waals surface area contributed by atoms with E-state index in [0.29, 0.717) is 18.5 Å². The van der Waals surface area contributed by atoms with Crippen LogP contribution in [0.5, 0.6) is 0 Å². The molecule has 2 unspecified atom stereocenters. The zero-order chi connectivity index (χ0) is 13.9. The Bertz CT molecular complexity index is 404. The highest BCUT2D eigenvalue weighted by Crippen LogP contribution is 2.30. The van der Waals surface area contributed by atoms with E-state index in [1.54, 1.807) is 0 Å². The Morgan fingerprint density at radius 2 is 1.56 bits per heavy atom. The molecule has 0 amide bonds. The Morgan fingerprint density at radius 1 is 1.00 bits per heavy atom. The van der Waals surface area contributed by atoms with E-state index in [-0.39, 0.29) is 17.5 Å². The second-order valence-corrected chi connectivity index (χ2v) is 4.93. The molecule has 1 N–H and O–H groups in total. The molecular weight excluding hydrogens is 239 g/mol. The van der Waals surface area contributed by atoms with Gasteiger partial charge in [0, 0.05) is 17.7 Å². The van der Waals surface area contributed by atoms with Crippen LogP contribution in [0, 0.1) is 29.3 Å². The summed E-state index contributed by atoms with van der Waals surface area (Å²) in [6.07, 6.45) is 0. The zero-order valence-corrected chi connectivity index (χ0v) is 11.2. The molecule has 2 atom stereocenters. The van der Waals surface area contributed by atoms with Gasteiger partial charge in [-0.05, 0) is 24.4 Å². The molecule has 0 radical (unpaired) electrons. The summed E-state index contributed by atoms with van der Waals surface area (Å²) in [6.45, 7) is 8.55. The van der Waals surface area contributed by atoms with E-state index in [1.807, 2.05) is 27.7 Å². The minimum Gasteiger partial charge on any atom is -0.310 e. The van der Waals surface area contributed by atoms with Crippen molar-refractivity contribution in [2.24, 2.45) is 11.8 Å². The molecule has 0 saturated carbocycles. The van der Waals surface area contributed by atoms with Gasteiger partial charge >= 0.3 is 0 Å². The van der Waals surface area contributed by atoms with E-state index in [9.17, 15) is 13.2 Å². The molecule has 1 rings (SSSR count). The Labute approximate surface area is 106 Å². The summed E-state index contributed by atoms with van der Waals surface area (Å²) >= 11 is 0. The molecule has 0 spiro atoms. The van der Waals surface area contributed by atoms with Crippen molar-refractivity contribution in [3.8, 4) is 0 Å². The van der Waals surface area contributed by atoms with Gasteiger partial charge in [0.15, 0.2) is 11.6 Å². The molecule has 1 aromatic rings. The maximum Gasteiger partial charge on any atom is 0.161 e. The molecule has 0 aliphatic carbocycles. The number of hydrogen-bond acceptors (Lipinski definition) is 1. The topological polar surface area (TPSA) is 12.0 Å². The highest BCUT2D eigenvalue weighted by molar-refractivity contribution is 5.24. The maximum absolute atomic E-state index is 13.8. The van der Waals surface area contributed by atoms with Crippen LogP contribution in [-0.4, -0.2) is 6.54 Å². The van der Waals surface area contributed by atoms with Gasteiger partial charge < -0.3 is 5.32 Å². The maximum atomic E-state index is 13.8. The molecular formula is C14H20F3N. The Hall–Kier alpha value is -1.03. The molecule has 0 fully saturated rings. The summed E-state index contributed by atoms with van der Waals surface area (Å²) in [4.78, 5) is 0. The first-order valence-corrected chi connectivity index (χ1v) is 6.26. The summed E-state index contributed by atoms with van der Waals surface area (Å²) in [5, 5.41) is 3.14. The van der Waals surface area contributed by atoms with Crippen molar-refractivity contribution in [2.75, 3.05) is 6.54 Å². The normalized spacial score (nSPS) is 14.9. The predicted octanol–water partition coefficient (Wildman–Crippen LogP) is 4.05. The largest absolute Gasteiger partial charge is 0.310 e. The van der Waals surface area contributed by atoms with Gasteiger partial charge in [0.1, 0.15) is 5.82 Å². The summed E-state index contributed by atoms with van der Waals surface area (Å²) in [5.41, 5.74) is 0.192. The quantitative estimate of drug-likeness (QED) is 0.787. The first kappa shape index (κ1) is 15.0. The highest BCUT2D eigenvalue weighted by Gasteiger charge is 2.25. The molecule has 18 heavy (non-hydrogen) atoms. The molecule has 102 valence electrons. The van der Waals surface area contributed by atoms with Crippen LogP contribution in [0.2, 0.25) is 0 Å². The molecule has 0 aromatic heterocycles. The fourth-order valence-corrected chi connectivity index (χ4v) is 1.96. The lowest BCUT2D eigenvalue weighted by Crippen LogP contribution is -2.30. The van der Waals surface area contributed by atoms with Gasteiger partial charge in [-0.1, -0.05) is 27.7 Å². The minimum atomic E-state index is -1.15. The molecule has 0 bridgehead atoms. The summed E-state index contributed by atoms with van der Waals surface area (Å²) in [5.74, 6) is -2.44. The molecule has 0 saturated heterocycles. The van der Waals surface area contributed by atoms with E-state index in [4.69, 9.17) is 0 Å². The van der Waals surface area contributed by atoms with Crippen LogP contribution in [0.15, 0.2) is 12.1 Å². The summed E-state index contributed by atoms with van der Waals surface area (Å²) < 4.78 is 40.0. The van der Waals surface area contributed by atoms with Crippen LogP contribution in [0.25, 0.3) is 0 Å². The number of benzene rings is 1. The molecule has 0 aliphatic rings. The number of hydrogen-bond donors (Lipinski definition) is 1. The standard InChI is InChI=1S/C14H20F3N/c1-5-18-14(9(4)8(2)3)10-6-12(16)13(17)7-11(10)15/h6-9,14,18H,5H2,1-4H3. The van der Waals surface area contributed by atoms with Crippen LogP contribution in [0.4, 0.5) is 13.2 Å². The van der Waals surface area contributed by atoms with Crippen molar-refractivity contribution in [3.63, 3.8) is 0 Å². The molecule has 4 heteroatoms. The van der Waals surface area contributed by atoms with Gasteiger partial charge in [0.2, 0.25) is 0 Å². The third kappa shape index (κ3) is 3.25. The number of halogens is 3. The molecule has 0 aliphatic heterocycles. The Kier molecular flexibility index (Phi) is 5.20. The van der Waals surface area contributed by atoms with Gasteiger partial charge in [0.25, 0.3) is 0 Å². The van der Waals surface area contributed by atoms with Gasteiger partial charge in [-0.25, -0.2) is 13.2 Å². The molecule has 0 heterocycles. The second kappa shape index (κ2) is 6.23. The lowest BCUT2D eigenvalue weighted by atomic mass is 9.85. The van der Waals surface area contributed by atoms with Crippen molar-refractivity contribution in [3.05, 3.63) is 35.1 Å². The summed E-state index contributed by atoms with van der Waals surface area (Å²) in [7, 11) is 0. The first-order valence-electron chi connectivity index (χ1n) is 6.26. The van der Waals surface area contributed by atoms with Crippen LogP contribution in [0.1, 0.15) is 39.3 Å². The van der Waals surface area contributed by atoms with Gasteiger partial charge in [-0.15, -0.1) is 0 Å². The van der Waals surface area contributed by atoms with Crippen molar-refractivity contribution >= 4 is 0 Å². The lowest BCUT2D eigenvalue weighted by Gasteiger charge is -2.28. The average Bonchev–Trinajstić information content (AvgIpc) is 2.30. The summed E-state index contributed by atoms with van der Waals surface area (Å²) in [6, 6.07) is 1.25. The molecule has 1 aromatic carbocycles. The SMILES string of the molecule is CCNC(c1cc(F)c(F)cc1F)C(C)C(C)C. The van der Waals surface area contributed by atoms with Crippen LogP contribution < -0.4 is 5.32 Å². The Morgan fingerprint density at radius 3 is 2.06 bits per heavy atom. The smallest absolute Gasteiger partial charge is 0.161 e. The highest BCUT2D eigenvalue weighted by atomic mass is 19.2. The van der Waals surface area contributed by atoms with Crippen molar-refractivity contribution < 1.29 is 13.2 Å². The van der Waals surface area contributed by atoms with Gasteiger partial charge in [-0.3, -0.25) is 0 Å². The molecule has 1 nitrogen and oxygen atoms in total. The number of rotatable bonds is 5. The van der Waals surface area contributed by atoms with Crippen molar-refractivity contribution in [2.45, 2.75) is 33.7 Å². The Balaban J connectivity index is 3.17. The van der Waals surface area contributed by atoms with E-state index in [1.165, 1.54) is 0 Å². The van der Waals surface area contributed by atoms with Crippen LogP contribution >= 0.6 is 0 Å². The van der Waals surface area contributed by atoms with Crippen LogP contribution in [0.3, 0.4) is 0 Å². The van der Waals surface area contributed by atoms with Gasteiger partial charge in [0.05, 0.1) is 0 Å². The fourth-order valence-electron chi connectivity index (χ4n) is 1.96. The first-order chi connectivity index (χ1) is 8.38. The fraction of sp³-hybridized carbons (Fsp3) is 0.571. The zero-order valence-electron chi connectivity index (χ0n) is 11.2. The van der Waals surface area contributed by atoms with E-state index in [0.717, 1.165) is 6.07 Å². The van der Waals surface area contributed by atoms with Crippen molar-refractivity contribution in [1.82, 2.24) is 5.32 Å². The van der Waals surface area contributed by atoms with Crippen molar-refractivity contribution in [1.29, 1.82) is 0 Å². The second-order valence-electron chi connectivity index (χ2n) is 4.93. The van der Waals surface area contributed by atoms with E-state index < -0.39 is 17.5 Å². The minimum absolute atomic E-state index is 0.115. The third-order valence-electron chi connectivity index (χ3n) is 3.38. The van der Waals surface area contributed by atoms with E-state index in [2.05, 4.69) is 5.32 Å². The average molecular weight is 259 g/mol. The van der Waals surface area contributed by atoms with E-state index >= 15 is 0 Å². The van der Waals surface area contributed by atoms with Gasteiger partial charge in [-0.2, -0.15) is 0 Å². The number of nitrogens with one attached hydrogen (secondary N) is 1.